The molecular weight excluding hydrogens is 467 g/mol. The van der Waals surface area contributed by atoms with E-state index in [0.29, 0.717) is 18.7 Å². The van der Waals surface area contributed by atoms with Gasteiger partial charge >= 0.3 is 0 Å². The molecule has 8 nitrogen and oxygen atoms in total. The number of anilines is 1. The van der Waals surface area contributed by atoms with Crippen LogP contribution < -0.4 is 4.90 Å². The van der Waals surface area contributed by atoms with E-state index < -0.39 is 10.0 Å². The number of aryl methyl sites for hydroxylation is 2. The maximum atomic E-state index is 13.3. The van der Waals surface area contributed by atoms with Gasteiger partial charge in [0, 0.05) is 43.4 Å². The van der Waals surface area contributed by atoms with Gasteiger partial charge < -0.3 is 4.90 Å². The number of nitrogens with one attached hydrogen (secondary N) is 1. The molecule has 1 fully saturated rings. The fourth-order valence-electron chi connectivity index (χ4n) is 4.85. The summed E-state index contributed by atoms with van der Waals surface area (Å²) in [6, 6.07) is 10.3. The number of hydrogen-bond donors (Lipinski definition) is 1. The zero-order valence-electron chi connectivity index (χ0n) is 20.1. The molecule has 1 saturated heterocycles. The lowest BCUT2D eigenvalue weighted by Crippen LogP contribution is -2.39. The minimum atomic E-state index is -3.64. The van der Waals surface area contributed by atoms with E-state index in [0.717, 1.165) is 47.2 Å². The lowest BCUT2D eigenvalue weighted by molar-refractivity contribution is 0.389. The first kappa shape index (κ1) is 23.5. The summed E-state index contributed by atoms with van der Waals surface area (Å²) in [6.45, 7) is 5.42. The van der Waals surface area contributed by atoms with E-state index in [-0.39, 0.29) is 16.8 Å². The highest BCUT2D eigenvalue weighted by Crippen LogP contribution is 2.32. The van der Waals surface area contributed by atoms with E-state index in [1.54, 1.807) is 30.1 Å². The second-order valence-electron chi connectivity index (χ2n) is 9.09. The van der Waals surface area contributed by atoms with Gasteiger partial charge in [0.05, 0.1) is 23.1 Å². The summed E-state index contributed by atoms with van der Waals surface area (Å²) in [6.07, 6.45) is 5.48. The number of hydrogen-bond acceptors (Lipinski definition) is 5. The molecule has 5 rings (SSSR count). The van der Waals surface area contributed by atoms with Crippen molar-refractivity contribution in [3.8, 4) is 5.69 Å². The van der Waals surface area contributed by atoms with Crippen LogP contribution in [0.25, 0.3) is 16.6 Å². The lowest BCUT2D eigenvalue weighted by Gasteiger charge is -2.25. The molecule has 35 heavy (non-hydrogen) atoms. The zero-order chi connectivity index (χ0) is 24.7. The van der Waals surface area contributed by atoms with Crippen LogP contribution in [0.1, 0.15) is 31.0 Å². The summed E-state index contributed by atoms with van der Waals surface area (Å²) in [7, 11) is -1.98. The van der Waals surface area contributed by atoms with Crippen molar-refractivity contribution in [3.05, 3.63) is 65.9 Å². The maximum Gasteiger partial charge on any atom is 0.246 e. The normalized spacial score (nSPS) is 16.6. The standard InChI is InChI=1S/C25H29FN6O2S/c1-4-5-22-25(15-27-29-22)35(33,34)30(3)21-10-11-31(16-21)23-13-18-14-28-32(24(18)12-17(23)2)20-8-6-19(26)7-9-20/h6-9,12-15,21H,4-5,10-11,16H2,1-3H3,(H,27,29)/t21-/m0/s1. The third-order valence-corrected chi connectivity index (χ3v) is 8.76. The predicted molar refractivity (Wildman–Crippen MR) is 134 cm³/mol. The Morgan fingerprint density at radius 2 is 2.00 bits per heavy atom. The van der Waals surface area contributed by atoms with Crippen molar-refractivity contribution in [1.29, 1.82) is 0 Å². The van der Waals surface area contributed by atoms with E-state index in [2.05, 4.69) is 32.3 Å². The predicted octanol–water partition coefficient (Wildman–Crippen LogP) is 4.05. The first-order valence-electron chi connectivity index (χ1n) is 11.8. The van der Waals surface area contributed by atoms with Crippen molar-refractivity contribution in [2.45, 2.75) is 44.0 Å². The van der Waals surface area contributed by atoms with Crippen LogP contribution in [0.3, 0.4) is 0 Å². The van der Waals surface area contributed by atoms with Crippen molar-refractivity contribution < 1.29 is 12.8 Å². The minimum Gasteiger partial charge on any atom is -0.370 e. The first-order valence-corrected chi connectivity index (χ1v) is 13.2. The van der Waals surface area contributed by atoms with Crippen LogP contribution in [0.15, 0.2) is 53.7 Å². The number of H-pyrrole nitrogens is 1. The van der Waals surface area contributed by atoms with Gasteiger partial charge in [0.1, 0.15) is 10.7 Å². The number of likely N-dealkylation sites (N-methyl/N-ethyl adjacent to an activating group) is 1. The Labute approximate surface area is 204 Å². The van der Waals surface area contributed by atoms with E-state index in [4.69, 9.17) is 0 Å². The molecule has 0 aliphatic carbocycles. The minimum absolute atomic E-state index is 0.138. The molecule has 1 atom stereocenters. The smallest absolute Gasteiger partial charge is 0.246 e. The number of aromatic amines is 1. The molecule has 2 aromatic carbocycles. The third kappa shape index (κ3) is 4.21. The molecule has 3 heterocycles. The topological polar surface area (TPSA) is 87.1 Å². The van der Waals surface area contributed by atoms with Crippen molar-refractivity contribution >= 4 is 26.6 Å². The van der Waals surface area contributed by atoms with Crippen molar-refractivity contribution in [2.24, 2.45) is 0 Å². The molecule has 10 heteroatoms. The second-order valence-corrected chi connectivity index (χ2v) is 11.1. The van der Waals surface area contributed by atoms with Gasteiger partial charge in [0.15, 0.2) is 0 Å². The van der Waals surface area contributed by atoms with Crippen LogP contribution in [0.5, 0.6) is 0 Å². The number of nitrogens with zero attached hydrogens (tertiary/aromatic N) is 5. The zero-order valence-corrected chi connectivity index (χ0v) is 20.9. The highest BCUT2D eigenvalue weighted by atomic mass is 32.2. The summed E-state index contributed by atoms with van der Waals surface area (Å²) < 4.78 is 43.3. The monoisotopic (exact) mass is 496 g/mol. The van der Waals surface area contributed by atoms with E-state index in [1.807, 2.05) is 13.8 Å². The molecule has 2 aromatic heterocycles. The van der Waals surface area contributed by atoms with Crippen molar-refractivity contribution in [3.63, 3.8) is 0 Å². The second kappa shape index (κ2) is 9.09. The van der Waals surface area contributed by atoms with E-state index in [9.17, 15) is 12.8 Å². The number of sulfonamides is 1. The molecule has 0 radical (unpaired) electrons. The average Bonchev–Trinajstić information content (AvgIpc) is 3.59. The van der Waals surface area contributed by atoms with Crippen LogP contribution in [0.4, 0.5) is 10.1 Å². The highest BCUT2D eigenvalue weighted by Gasteiger charge is 2.35. The van der Waals surface area contributed by atoms with Crippen molar-refractivity contribution in [2.75, 3.05) is 25.0 Å². The van der Waals surface area contributed by atoms with Crippen LogP contribution in [-0.2, 0) is 16.4 Å². The van der Waals surface area contributed by atoms with Gasteiger partial charge in [0.25, 0.3) is 0 Å². The molecule has 1 N–H and O–H groups in total. The molecule has 0 saturated carbocycles. The van der Waals surface area contributed by atoms with Gasteiger partial charge in [-0.3, -0.25) is 5.10 Å². The van der Waals surface area contributed by atoms with Gasteiger partial charge in [-0.15, -0.1) is 0 Å². The molecule has 0 unspecified atom stereocenters. The van der Waals surface area contributed by atoms with Crippen LogP contribution in [0, 0.1) is 12.7 Å². The Bertz CT molecular complexity index is 1460. The Morgan fingerprint density at radius 1 is 1.23 bits per heavy atom. The third-order valence-electron chi connectivity index (χ3n) is 6.80. The van der Waals surface area contributed by atoms with E-state index >= 15 is 0 Å². The number of aromatic nitrogens is 4. The number of benzene rings is 2. The summed E-state index contributed by atoms with van der Waals surface area (Å²) in [5.74, 6) is -0.284. The maximum absolute atomic E-state index is 13.3. The summed E-state index contributed by atoms with van der Waals surface area (Å²) in [5.41, 5.74) is 4.47. The fourth-order valence-corrected chi connectivity index (χ4v) is 6.37. The van der Waals surface area contributed by atoms with Gasteiger partial charge in [-0.05, 0) is 61.7 Å². The molecule has 4 aromatic rings. The number of rotatable bonds is 7. The van der Waals surface area contributed by atoms with Gasteiger partial charge in [0.2, 0.25) is 10.0 Å². The highest BCUT2D eigenvalue weighted by molar-refractivity contribution is 7.89. The summed E-state index contributed by atoms with van der Waals surface area (Å²) >= 11 is 0. The molecule has 184 valence electrons. The van der Waals surface area contributed by atoms with Crippen molar-refractivity contribution in [1.82, 2.24) is 24.3 Å². The van der Waals surface area contributed by atoms with Crippen LogP contribution >= 0.6 is 0 Å². The first-order chi connectivity index (χ1) is 16.8. The molecule has 0 amide bonds. The Kier molecular flexibility index (Phi) is 6.10. The Balaban J connectivity index is 1.38. The Morgan fingerprint density at radius 3 is 2.74 bits per heavy atom. The number of fused-ring (bicyclic) bond motifs is 1. The Hall–Kier alpha value is -3.24. The summed E-state index contributed by atoms with van der Waals surface area (Å²) in [4.78, 5) is 2.51. The molecular formula is C25H29FN6O2S. The average molecular weight is 497 g/mol. The van der Waals surface area contributed by atoms with E-state index in [1.165, 1.54) is 22.6 Å². The fraction of sp³-hybridized carbons (Fsp3) is 0.360. The molecule has 1 aliphatic rings. The summed E-state index contributed by atoms with van der Waals surface area (Å²) in [5, 5.41) is 12.3. The van der Waals surface area contributed by atoms with Crippen LogP contribution in [0.2, 0.25) is 0 Å². The molecule has 0 spiro atoms. The lowest BCUT2D eigenvalue weighted by atomic mass is 10.1. The quantitative estimate of drug-likeness (QED) is 0.417. The van der Waals surface area contributed by atoms with Crippen LogP contribution in [-0.4, -0.2) is 58.9 Å². The van der Waals surface area contributed by atoms with Gasteiger partial charge in [-0.25, -0.2) is 17.5 Å². The number of halogens is 1. The largest absolute Gasteiger partial charge is 0.370 e. The van der Waals surface area contributed by atoms with Gasteiger partial charge in [-0.2, -0.15) is 14.5 Å². The SMILES string of the molecule is CCCc1n[nH]cc1S(=O)(=O)N(C)[C@H]1CCN(c2cc3cnn(-c4ccc(F)cc4)c3cc2C)C1. The molecule has 0 bridgehead atoms. The van der Waals surface area contributed by atoms with Gasteiger partial charge in [-0.1, -0.05) is 13.3 Å². The molecule has 1 aliphatic heterocycles.